The maximum atomic E-state index is 12.2. The van der Waals surface area contributed by atoms with Gasteiger partial charge in [-0.15, -0.1) is 0 Å². The third kappa shape index (κ3) is 4.61. The van der Waals surface area contributed by atoms with Crippen molar-refractivity contribution in [1.29, 1.82) is 0 Å². The molecule has 1 aromatic rings. The van der Waals surface area contributed by atoms with Gasteiger partial charge < -0.3 is 14.7 Å². The van der Waals surface area contributed by atoms with Gasteiger partial charge in [0.2, 0.25) is 5.91 Å². The normalized spacial score (nSPS) is 24.4. The summed E-state index contributed by atoms with van der Waals surface area (Å²) in [6.45, 7) is 0. The molecule has 11 heteroatoms. The zero-order chi connectivity index (χ0) is 20.5. The van der Waals surface area contributed by atoms with Crippen molar-refractivity contribution in [2.24, 2.45) is 4.99 Å². The van der Waals surface area contributed by atoms with Crippen molar-refractivity contribution in [2.45, 2.75) is 30.6 Å². The molecule has 28 heavy (non-hydrogen) atoms. The summed E-state index contributed by atoms with van der Waals surface area (Å²) in [6, 6.07) is 4.62. The van der Waals surface area contributed by atoms with Crippen LogP contribution in [0.25, 0.3) is 0 Å². The van der Waals surface area contributed by atoms with Crippen LogP contribution in [0.5, 0.6) is 5.75 Å². The third-order valence-corrected chi connectivity index (χ3v) is 7.91. The van der Waals surface area contributed by atoms with Crippen molar-refractivity contribution in [2.75, 3.05) is 23.5 Å². The number of anilines is 1. The standard InChI is InChI=1S/C17H19ClN2O6S2/c1-26-13-7-10(18)5-6-11(13)20-12-8-28(24,25)9-14(12)27-17(20)19-15(21)3-2-4-16(22)23/h5-7,12,14H,2-4,8-9H2,1H3,(H,22,23)/t12-,14-/m1/s1. The molecule has 2 heterocycles. The number of halogens is 1. The highest BCUT2D eigenvalue weighted by atomic mass is 35.5. The number of carbonyl (C=O) groups is 2. The van der Waals surface area contributed by atoms with Crippen LogP contribution in [-0.2, 0) is 19.4 Å². The summed E-state index contributed by atoms with van der Waals surface area (Å²) in [4.78, 5) is 28.7. The van der Waals surface area contributed by atoms with Crippen LogP contribution < -0.4 is 9.64 Å². The molecule has 0 aliphatic carbocycles. The van der Waals surface area contributed by atoms with Gasteiger partial charge in [0.1, 0.15) is 5.75 Å². The summed E-state index contributed by atoms with van der Waals surface area (Å²) in [5.41, 5.74) is 0.584. The second-order valence-electron chi connectivity index (χ2n) is 6.52. The number of rotatable bonds is 6. The van der Waals surface area contributed by atoms with E-state index in [1.807, 2.05) is 0 Å². The molecule has 0 unspecified atom stereocenters. The minimum atomic E-state index is -3.18. The van der Waals surface area contributed by atoms with Gasteiger partial charge in [0.05, 0.1) is 30.3 Å². The maximum absolute atomic E-state index is 12.2. The zero-order valence-corrected chi connectivity index (χ0v) is 17.4. The van der Waals surface area contributed by atoms with Gasteiger partial charge in [-0.2, -0.15) is 4.99 Å². The number of carbonyl (C=O) groups excluding carboxylic acids is 1. The Morgan fingerprint density at radius 2 is 2.11 bits per heavy atom. The van der Waals surface area contributed by atoms with Crippen LogP contribution in [0.1, 0.15) is 19.3 Å². The number of carboxylic acids is 1. The number of aliphatic imine (C=N–C) groups is 1. The van der Waals surface area contributed by atoms with Crippen molar-refractivity contribution in [3.8, 4) is 5.75 Å². The van der Waals surface area contributed by atoms with Gasteiger partial charge in [-0.25, -0.2) is 8.42 Å². The number of amides is 1. The van der Waals surface area contributed by atoms with E-state index in [2.05, 4.69) is 4.99 Å². The molecule has 0 bridgehead atoms. The Hall–Kier alpha value is -1.78. The zero-order valence-electron chi connectivity index (χ0n) is 15.0. The van der Waals surface area contributed by atoms with E-state index in [9.17, 15) is 18.0 Å². The number of methoxy groups -OCH3 is 1. The lowest BCUT2D eigenvalue weighted by molar-refractivity contribution is -0.137. The fourth-order valence-electron chi connectivity index (χ4n) is 3.25. The molecule has 1 aromatic carbocycles. The van der Waals surface area contributed by atoms with Crippen LogP contribution in [-0.4, -0.2) is 60.5 Å². The first-order valence-corrected chi connectivity index (χ1v) is 11.6. The molecule has 2 aliphatic heterocycles. The van der Waals surface area contributed by atoms with E-state index in [0.717, 1.165) is 0 Å². The van der Waals surface area contributed by atoms with Crippen LogP contribution in [0.2, 0.25) is 5.02 Å². The van der Waals surface area contributed by atoms with Crippen molar-refractivity contribution >= 4 is 55.9 Å². The maximum Gasteiger partial charge on any atom is 0.303 e. The summed E-state index contributed by atoms with van der Waals surface area (Å²) < 4.78 is 29.6. The molecule has 1 N–H and O–H groups in total. The lowest BCUT2D eigenvalue weighted by Gasteiger charge is -2.26. The Labute approximate surface area is 171 Å². The van der Waals surface area contributed by atoms with Crippen molar-refractivity contribution < 1.29 is 27.9 Å². The number of nitrogens with zero attached hydrogens (tertiary/aromatic N) is 2. The van der Waals surface area contributed by atoms with Crippen molar-refractivity contribution in [3.63, 3.8) is 0 Å². The van der Waals surface area contributed by atoms with E-state index in [1.54, 1.807) is 23.1 Å². The van der Waals surface area contributed by atoms with E-state index < -0.39 is 21.7 Å². The predicted molar refractivity (Wildman–Crippen MR) is 108 cm³/mol. The fourth-order valence-corrected chi connectivity index (χ4v) is 7.34. The van der Waals surface area contributed by atoms with E-state index in [0.29, 0.717) is 21.6 Å². The van der Waals surface area contributed by atoms with Gasteiger partial charge >= 0.3 is 5.97 Å². The minimum Gasteiger partial charge on any atom is -0.495 e. The third-order valence-electron chi connectivity index (χ3n) is 4.47. The number of hydrogen-bond acceptors (Lipinski definition) is 6. The van der Waals surface area contributed by atoms with Gasteiger partial charge in [0.15, 0.2) is 15.0 Å². The lowest BCUT2D eigenvalue weighted by atomic mass is 10.2. The highest BCUT2D eigenvalue weighted by Gasteiger charge is 2.50. The first-order valence-electron chi connectivity index (χ1n) is 8.53. The Bertz CT molecular complexity index is 934. The number of hydrogen-bond donors (Lipinski definition) is 1. The number of sulfone groups is 1. The minimum absolute atomic E-state index is 0.00951. The van der Waals surface area contributed by atoms with Crippen LogP contribution >= 0.6 is 23.4 Å². The van der Waals surface area contributed by atoms with E-state index in [4.69, 9.17) is 21.4 Å². The Kier molecular flexibility index (Phi) is 6.21. The van der Waals surface area contributed by atoms with Crippen LogP contribution in [0.15, 0.2) is 23.2 Å². The first-order chi connectivity index (χ1) is 13.2. The quantitative estimate of drug-likeness (QED) is 0.707. The van der Waals surface area contributed by atoms with Crippen LogP contribution in [0, 0.1) is 0 Å². The average Bonchev–Trinajstić information content (AvgIpc) is 3.05. The van der Waals surface area contributed by atoms with Crippen LogP contribution in [0.3, 0.4) is 0 Å². The molecule has 0 spiro atoms. The van der Waals surface area contributed by atoms with Gasteiger partial charge in [-0.05, 0) is 18.6 Å². The number of fused-ring (bicyclic) bond motifs is 1. The molecular formula is C17H19ClN2O6S2. The predicted octanol–water partition coefficient (Wildman–Crippen LogP) is 2.20. The van der Waals surface area contributed by atoms with Gasteiger partial charge in [0, 0.05) is 29.2 Å². The van der Waals surface area contributed by atoms with Crippen molar-refractivity contribution in [1.82, 2.24) is 0 Å². The largest absolute Gasteiger partial charge is 0.495 e. The molecule has 2 saturated heterocycles. The molecule has 2 atom stereocenters. The second-order valence-corrected chi connectivity index (χ2v) is 10.3. The fraction of sp³-hybridized carbons (Fsp3) is 0.471. The van der Waals surface area contributed by atoms with Gasteiger partial charge in [-0.1, -0.05) is 23.4 Å². The highest BCUT2D eigenvalue weighted by Crippen LogP contribution is 2.44. The molecular weight excluding hydrogens is 428 g/mol. The monoisotopic (exact) mass is 446 g/mol. The molecule has 1 amide bonds. The summed E-state index contributed by atoms with van der Waals surface area (Å²) in [6.07, 6.45) is 0.0959. The number of carboxylic acid groups (broad SMARTS) is 1. The second kappa shape index (κ2) is 8.30. The molecule has 2 aliphatic rings. The number of benzene rings is 1. The molecule has 0 radical (unpaired) electrons. The van der Waals surface area contributed by atoms with E-state index >= 15 is 0 Å². The van der Waals surface area contributed by atoms with Crippen molar-refractivity contribution in [3.05, 3.63) is 23.2 Å². The number of aliphatic carboxylic acids is 1. The number of thioether (sulfide) groups is 1. The summed E-state index contributed by atoms with van der Waals surface area (Å²) in [5, 5.41) is 9.32. The molecule has 152 valence electrons. The van der Waals surface area contributed by atoms with E-state index in [-0.39, 0.29) is 42.1 Å². The van der Waals surface area contributed by atoms with Gasteiger partial charge in [0.25, 0.3) is 0 Å². The number of ether oxygens (including phenoxy) is 1. The molecule has 2 fully saturated rings. The Morgan fingerprint density at radius 1 is 1.36 bits per heavy atom. The topological polar surface area (TPSA) is 113 Å². The first kappa shape index (κ1) is 20.9. The molecule has 8 nitrogen and oxygen atoms in total. The average molecular weight is 447 g/mol. The number of amidine groups is 1. The summed E-state index contributed by atoms with van der Waals surface area (Å²) in [5.74, 6) is -0.986. The SMILES string of the molecule is COc1cc(Cl)ccc1N1C(=NC(=O)CCCC(=O)O)S[C@@H]2CS(=O)(=O)C[C@H]21. The Morgan fingerprint density at radius 3 is 2.79 bits per heavy atom. The highest BCUT2D eigenvalue weighted by molar-refractivity contribution is 8.16. The van der Waals surface area contributed by atoms with E-state index in [1.165, 1.54) is 18.9 Å². The molecule has 0 saturated carbocycles. The molecule has 0 aromatic heterocycles. The Balaban J connectivity index is 1.92. The summed E-state index contributed by atoms with van der Waals surface area (Å²) in [7, 11) is -1.70. The van der Waals surface area contributed by atoms with Gasteiger partial charge in [-0.3, -0.25) is 9.59 Å². The molecule has 3 rings (SSSR count). The lowest BCUT2D eigenvalue weighted by Crippen LogP contribution is -2.38. The summed E-state index contributed by atoms with van der Waals surface area (Å²) >= 11 is 7.28. The smallest absolute Gasteiger partial charge is 0.303 e. The van der Waals surface area contributed by atoms with Crippen LogP contribution in [0.4, 0.5) is 5.69 Å².